The summed E-state index contributed by atoms with van der Waals surface area (Å²) in [5.41, 5.74) is 1.71. The van der Waals surface area contributed by atoms with E-state index in [1.165, 1.54) is 6.20 Å². The van der Waals surface area contributed by atoms with Crippen LogP contribution in [0.1, 0.15) is 26.4 Å². The molecule has 98 valence electrons. The number of rotatable bonds is 4. The number of nitrogens with zero attached hydrogens (tertiary/aromatic N) is 2. The first kappa shape index (κ1) is 12.7. The minimum absolute atomic E-state index is 0.141. The molecule has 0 spiro atoms. The highest BCUT2D eigenvalue weighted by molar-refractivity contribution is 5.94. The van der Waals surface area contributed by atoms with Crippen LogP contribution in [0, 0.1) is 0 Å². The van der Waals surface area contributed by atoms with E-state index in [1.807, 2.05) is 0 Å². The summed E-state index contributed by atoms with van der Waals surface area (Å²) < 4.78 is 0. The van der Waals surface area contributed by atoms with Crippen LogP contribution in [-0.2, 0) is 6.54 Å². The lowest BCUT2D eigenvalue weighted by atomic mass is 10.1. The summed E-state index contributed by atoms with van der Waals surface area (Å²) in [4.78, 5) is 22.9. The second-order valence-corrected chi connectivity index (χ2v) is 3.81. The SMILES string of the molecule is CNC(=O)c1ccc(CNC(=O)c2cn[nH]n2)cc1. The van der Waals surface area contributed by atoms with Crippen molar-refractivity contribution in [2.45, 2.75) is 6.54 Å². The van der Waals surface area contributed by atoms with E-state index in [9.17, 15) is 9.59 Å². The topological polar surface area (TPSA) is 99.8 Å². The number of nitrogens with one attached hydrogen (secondary N) is 3. The first-order valence-corrected chi connectivity index (χ1v) is 5.65. The highest BCUT2D eigenvalue weighted by Crippen LogP contribution is 2.04. The van der Waals surface area contributed by atoms with Crippen molar-refractivity contribution in [1.82, 2.24) is 26.0 Å². The van der Waals surface area contributed by atoms with Crippen molar-refractivity contribution >= 4 is 11.8 Å². The number of aromatic nitrogens is 3. The van der Waals surface area contributed by atoms with E-state index >= 15 is 0 Å². The maximum Gasteiger partial charge on any atom is 0.273 e. The molecule has 1 aromatic heterocycles. The van der Waals surface area contributed by atoms with Gasteiger partial charge < -0.3 is 10.6 Å². The van der Waals surface area contributed by atoms with E-state index in [0.717, 1.165) is 5.56 Å². The van der Waals surface area contributed by atoms with Gasteiger partial charge in [-0.1, -0.05) is 12.1 Å². The average molecular weight is 259 g/mol. The minimum atomic E-state index is -0.302. The molecule has 0 bridgehead atoms. The summed E-state index contributed by atoms with van der Waals surface area (Å²) in [6.07, 6.45) is 1.35. The third-order valence-electron chi connectivity index (χ3n) is 2.54. The van der Waals surface area contributed by atoms with Gasteiger partial charge in [-0.05, 0) is 17.7 Å². The first-order valence-electron chi connectivity index (χ1n) is 5.65. The maximum atomic E-state index is 11.6. The summed E-state index contributed by atoms with van der Waals surface area (Å²) in [7, 11) is 1.58. The van der Waals surface area contributed by atoms with Crippen LogP contribution in [0.4, 0.5) is 0 Å². The number of carbonyl (C=O) groups excluding carboxylic acids is 2. The molecule has 2 aromatic rings. The van der Waals surface area contributed by atoms with Crippen LogP contribution < -0.4 is 10.6 Å². The lowest BCUT2D eigenvalue weighted by Gasteiger charge is -2.04. The Morgan fingerprint density at radius 3 is 2.53 bits per heavy atom. The standard InChI is InChI=1S/C12H13N5O2/c1-13-11(18)9-4-2-8(3-5-9)6-14-12(19)10-7-15-17-16-10/h2-5,7H,6H2,1H3,(H,13,18)(H,14,19)(H,15,16,17). The van der Waals surface area contributed by atoms with Crippen LogP contribution >= 0.6 is 0 Å². The van der Waals surface area contributed by atoms with Gasteiger partial charge >= 0.3 is 0 Å². The van der Waals surface area contributed by atoms with Crippen molar-refractivity contribution in [3.63, 3.8) is 0 Å². The van der Waals surface area contributed by atoms with Gasteiger partial charge in [-0.15, -0.1) is 0 Å². The molecule has 1 heterocycles. The zero-order chi connectivity index (χ0) is 13.7. The fourth-order valence-corrected chi connectivity index (χ4v) is 1.50. The molecule has 0 radical (unpaired) electrons. The minimum Gasteiger partial charge on any atom is -0.355 e. The largest absolute Gasteiger partial charge is 0.355 e. The van der Waals surface area contributed by atoms with E-state index < -0.39 is 0 Å². The van der Waals surface area contributed by atoms with E-state index in [2.05, 4.69) is 26.0 Å². The Morgan fingerprint density at radius 2 is 1.95 bits per heavy atom. The molecule has 0 fully saturated rings. The summed E-state index contributed by atoms with van der Waals surface area (Å²) in [6, 6.07) is 6.98. The number of benzene rings is 1. The van der Waals surface area contributed by atoms with Gasteiger partial charge in [0.2, 0.25) is 0 Å². The second-order valence-electron chi connectivity index (χ2n) is 3.81. The summed E-state index contributed by atoms with van der Waals surface area (Å²) in [6.45, 7) is 0.361. The van der Waals surface area contributed by atoms with Gasteiger partial charge in [0.05, 0.1) is 6.20 Å². The molecule has 2 rings (SSSR count). The lowest BCUT2D eigenvalue weighted by molar-refractivity contribution is 0.0942. The maximum absolute atomic E-state index is 11.6. The molecule has 0 aliphatic carbocycles. The second kappa shape index (κ2) is 5.76. The van der Waals surface area contributed by atoms with Gasteiger partial charge in [0.25, 0.3) is 11.8 Å². The Balaban J connectivity index is 1.93. The van der Waals surface area contributed by atoms with Crippen LogP contribution in [-0.4, -0.2) is 34.3 Å². The van der Waals surface area contributed by atoms with Crippen LogP contribution in [0.3, 0.4) is 0 Å². The van der Waals surface area contributed by atoms with Crippen molar-refractivity contribution in [2.24, 2.45) is 0 Å². The number of carbonyl (C=O) groups is 2. The van der Waals surface area contributed by atoms with Gasteiger partial charge in [0.1, 0.15) is 0 Å². The van der Waals surface area contributed by atoms with Gasteiger partial charge in [-0.3, -0.25) is 9.59 Å². The molecule has 7 heteroatoms. The highest BCUT2D eigenvalue weighted by Gasteiger charge is 2.08. The van der Waals surface area contributed by atoms with Gasteiger partial charge in [0, 0.05) is 19.2 Å². The summed E-state index contributed by atoms with van der Waals surface area (Å²) >= 11 is 0. The molecule has 0 atom stereocenters. The molecular formula is C12H13N5O2. The fraction of sp³-hybridized carbons (Fsp3) is 0.167. The number of hydrogen-bond donors (Lipinski definition) is 3. The van der Waals surface area contributed by atoms with Crippen molar-refractivity contribution in [1.29, 1.82) is 0 Å². The number of hydrogen-bond acceptors (Lipinski definition) is 4. The van der Waals surface area contributed by atoms with Crippen LogP contribution in [0.2, 0.25) is 0 Å². The molecule has 3 N–H and O–H groups in total. The average Bonchev–Trinajstić information content (AvgIpc) is 2.98. The van der Waals surface area contributed by atoms with Crippen LogP contribution in [0.15, 0.2) is 30.5 Å². The van der Waals surface area contributed by atoms with Crippen molar-refractivity contribution in [3.05, 3.63) is 47.3 Å². The normalized spacial score (nSPS) is 9.95. The predicted octanol–water partition coefficient (Wildman–Crippen LogP) is 0.0943. The van der Waals surface area contributed by atoms with Crippen molar-refractivity contribution in [3.8, 4) is 0 Å². The third kappa shape index (κ3) is 3.15. The Bertz CT molecular complexity index is 562. The molecular weight excluding hydrogens is 246 g/mol. The zero-order valence-electron chi connectivity index (χ0n) is 10.3. The highest BCUT2D eigenvalue weighted by atomic mass is 16.2. The first-order chi connectivity index (χ1) is 9.20. The molecule has 2 amide bonds. The summed E-state index contributed by atoms with van der Waals surface area (Å²) in [5, 5.41) is 14.8. The van der Waals surface area contributed by atoms with Crippen LogP contribution in [0.5, 0.6) is 0 Å². The van der Waals surface area contributed by atoms with E-state index in [0.29, 0.717) is 12.1 Å². The smallest absolute Gasteiger partial charge is 0.273 e. The van der Waals surface area contributed by atoms with Gasteiger partial charge in [0.15, 0.2) is 5.69 Å². The molecule has 0 aliphatic heterocycles. The Labute approximate surface area is 109 Å². The third-order valence-corrected chi connectivity index (χ3v) is 2.54. The van der Waals surface area contributed by atoms with E-state index in [-0.39, 0.29) is 17.5 Å². The lowest BCUT2D eigenvalue weighted by Crippen LogP contribution is -2.23. The quantitative estimate of drug-likeness (QED) is 0.724. The zero-order valence-corrected chi connectivity index (χ0v) is 10.3. The fourth-order valence-electron chi connectivity index (χ4n) is 1.50. The Kier molecular flexibility index (Phi) is 3.87. The monoisotopic (exact) mass is 259 g/mol. The van der Waals surface area contributed by atoms with E-state index in [4.69, 9.17) is 0 Å². The van der Waals surface area contributed by atoms with Gasteiger partial charge in [-0.25, -0.2) is 0 Å². The van der Waals surface area contributed by atoms with Crippen LogP contribution in [0.25, 0.3) is 0 Å². The van der Waals surface area contributed by atoms with Crippen molar-refractivity contribution in [2.75, 3.05) is 7.05 Å². The van der Waals surface area contributed by atoms with E-state index in [1.54, 1.807) is 31.3 Å². The molecule has 1 aromatic carbocycles. The summed E-state index contributed by atoms with van der Waals surface area (Å²) in [5.74, 6) is -0.442. The molecule has 0 saturated carbocycles. The Hall–Kier alpha value is -2.70. The molecule has 19 heavy (non-hydrogen) atoms. The van der Waals surface area contributed by atoms with Gasteiger partial charge in [-0.2, -0.15) is 15.4 Å². The molecule has 7 nitrogen and oxygen atoms in total. The number of amides is 2. The molecule has 0 unspecified atom stereocenters. The number of H-pyrrole nitrogens is 1. The number of aromatic amines is 1. The predicted molar refractivity (Wildman–Crippen MR) is 67.4 cm³/mol. The molecule has 0 aliphatic rings. The van der Waals surface area contributed by atoms with Crippen molar-refractivity contribution < 1.29 is 9.59 Å². The molecule has 0 saturated heterocycles. The Morgan fingerprint density at radius 1 is 1.21 bits per heavy atom.